The molecule has 0 rings (SSSR count). The smallest absolute Gasteiger partial charge is 0.462 e. The molecule has 0 aromatic heterocycles. The molecule has 0 aliphatic heterocycles. The Morgan fingerprint density at radius 3 is 0.975 bits per heavy atom. The monoisotopic (exact) mass is 1120 g/mol. The van der Waals surface area contributed by atoms with E-state index in [0.29, 0.717) is 6.42 Å². The summed E-state index contributed by atoms with van der Waals surface area (Å²) >= 11 is 0. The van der Waals surface area contributed by atoms with E-state index in [-0.39, 0.29) is 38.6 Å². The van der Waals surface area contributed by atoms with Crippen LogP contribution >= 0.6 is 7.82 Å². The molecule has 2 unspecified atom stereocenters. The molecular weight excluding hydrogens is 1000 g/mol. The molecule has 79 heavy (non-hydrogen) atoms. The zero-order valence-electron chi connectivity index (χ0n) is 50.3. The van der Waals surface area contributed by atoms with Gasteiger partial charge in [0.25, 0.3) is 0 Å². The van der Waals surface area contributed by atoms with Gasteiger partial charge in [0.15, 0.2) is 6.10 Å². The van der Waals surface area contributed by atoms with Gasteiger partial charge in [-0.15, -0.1) is 0 Å². The lowest BCUT2D eigenvalue weighted by atomic mass is 10.0. The highest BCUT2D eigenvalue weighted by atomic mass is 31.2. The third-order valence-electron chi connectivity index (χ3n) is 13.0. The number of rotatable bonds is 58. The second-order valence-corrected chi connectivity index (χ2v) is 22.0. The first-order valence-corrected chi connectivity index (χ1v) is 33.2. The fourth-order valence-corrected chi connectivity index (χ4v) is 9.20. The number of carbonyl (C=O) groups is 2. The second-order valence-electron chi connectivity index (χ2n) is 20.5. The summed E-state index contributed by atoms with van der Waals surface area (Å²) in [6.07, 6.45) is 89.4. The van der Waals surface area contributed by atoms with Crippen molar-refractivity contribution in [2.45, 2.75) is 264 Å². The Morgan fingerprint density at radius 1 is 0.380 bits per heavy atom. The van der Waals surface area contributed by atoms with Crippen molar-refractivity contribution in [1.29, 1.82) is 0 Å². The highest BCUT2D eigenvalue weighted by Gasteiger charge is 2.26. The molecule has 0 amide bonds. The maximum atomic E-state index is 12.7. The molecule has 0 aliphatic carbocycles. The van der Waals surface area contributed by atoms with Gasteiger partial charge in [-0.2, -0.15) is 0 Å². The predicted molar refractivity (Wildman–Crippen MR) is 339 cm³/mol. The molecule has 0 aromatic rings. The van der Waals surface area contributed by atoms with Crippen molar-refractivity contribution >= 4 is 19.8 Å². The first-order chi connectivity index (χ1) is 38.8. The van der Waals surface area contributed by atoms with Gasteiger partial charge in [-0.05, 0) is 109 Å². The number of hydrogen-bond donors (Lipinski definition) is 2. The van der Waals surface area contributed by atoms with E-state index in [1.54, 1.807) is 0 Å². The van der Waals surface area contributed by atoms with Crippen molar-refractivity contribution in [2.24, 2.45) is 5.73 Å². The van der Waals surface area contributed by atoms with Crippen LogP contribution in [0.1, 0.15) is 258 Å². The van der Waals surface area contributed by atoms with Crippen LogP contribution in [0.15, 0.2) is 134 Å². The number of esters is 2. The number of hydrogen-bond acceptors (Lipinski definition) is 8. The summed E-state index contributed by atoms with van der Waals surface area (Å²) in [6.45, 7) is 3.51. The third-order valence-corrected chi connectivity index (χ3v) is 14.0. The van der Waals surface area contributed by atoms with Crippen molar-refractivity contribution < 1.29 is 37.6 Å². The van der Waals surface area contributed by atoms with Crippen molar-refractivity contribution in [3.8, 4) is 0 Å². The molecule has 450 valence electrons. The Kier molecular flexibility index (Phi) is 60.2. The van der Waals surface area contributed by atoms with E-state index >= 15 is 0 Å². The standard InChI is InChI=1S/C69H116NO8P/c1-3-5-7-9-11-13-15-17-19-21-23-25-27-29-31-33-35-37-39-41-43-45-47-49-51-53-55-57-59-61-68(71)75-65-67(66-77-79(73,74)76-64-63-70)78-69(72)62-60-58-56-54-52-50-48-46-44-42-40-38-36-34-32-30-28-26-24-22-20-18-16-14-12-10-8-6-4-2/h5-8,11-14,17-20,23-26,29-32,36,38,67H,3-4,9-10,15-16,21-22,27-28,33-35,37,39-66,70H2,1-2H3,(H,73,74)/b7-5-,8-6-,13-11-,14-12-,19-17-,20-18-,25-23-,26-24-,31-29-,32-30-,38-36-. The Labute approximate surface area is 484 Å². The minimum Gasteiger partial charge on any atom is -0.462 e. The summed E-state index contributed by atoms with van der Waals surface area (Å²) in [5.74, 6) is -0.837. The minimum atomic E-state index is -4.40. The maximum Gasteiger partial charge on any atom is 0.472 e. The molecule has 0 heterocycles. The molecule has 3 N–H and O–H groups in total. The van der Waals surface area contributed by atoms with Gasteiger partial charge >= 0.3 is 19.8 Å². The van der Waals surface area contributed by atoms with E-state index in [2.05, 4.69) is 148 Å². The van der Waals surface area contributed by atoms with Gasteiger partial charge in [0.2, 0.25) is 0 Å². The van der Waals surface area contributed by atoms with Crippen LogP contribution in [0.4, 0.5) is 0 Å². The fraction of sp³-hybridized carbons (Fsp3) is 0.652. The molecule has 0 aromatic carbocycles. The van der Waals surface area contributed by atoms with Gasteiger partial charge in [0, 0.05) is 19.4 Å². The summed E-state index contributed by atoms with van der Waals surface area (Å²) in [4.78, 5) is 35.3. The number of phosphoric acid groups is 1. The van der Waals surface area contributed by atoms with Crippen LogP contribution < -0.4 is 5.73 Å². The van der Waals surface area contributed by atoms with Crippen molar-refractivity contribution in [3.63, 3.8) is 0 Å². The SMILES string of the molecule is CC/C=C\C/C=C\C/C=C\C/C=C\C/C=C\C/C=C\CCCCCCCCCCCCC(=O)OC(COC(=O)CCCCCCCCCCCCCCC/C=C\C/C=C\C/C=C\C/C=C\C/C=C\CC)COP(=O)(O)OCCN. The normalized spacial score (nSPS) is 13.9. The summed E-state index contributed by atoms with van der Waals surface area (Å²) < 4.78 is 33.1. The summed E-state index contributed by atoms with van der Waals surface area (Å²) in [5.41, 5.74) is 5.39. The first-order valence-electron chi connectivity index (χ1n) is 31.7. The van der Waals surface area contributed by atoms with Gasteiger partial charge in [0.05, 0.1) is 13.2 Å². The molecule has 10 heteroatoms. The van der Waals surface area contributed by atoms with Crippen LogP contribution in [0.2, 0.25) is 0 Å². The summed E-state index contributed by atoms with van der Waals surface area (Å²) in [6, 6.07) is 0. The zero-order chi connectivity index (χ0) is 57.3. The number of phosphoric ester groups is 1. The van der Waals surface area contributed by atoms with Crippen molar-refractivity contribution in [3.05, 3.63) is 134 Å². The fourth-order valence-electron chi connectivity index (χ4n) is 8.43. The predicted octanol–water partition coefficient (Wildman–Crippen LogP) is 20.5. The number of ether oxygens (including phenoxy) is 2. The molecule has 0 saturated heterocycles. The van der Waals surface area contributed by atoms with Gasteiger partial charge in [-0.25, -0.2) is 4.57 Å². The number of carbonyl (C=O) groups excluding carboxylic acids is 2. The van der Waals surface area contributed by atoms with Crippen LogP contribution in [0.3, 0.4) is 0 Å². The largest absolute Gasteiger partial charge is 0.472 e. The van der Waals surface area contributed by atoms with Crippen molar-refractivity contribution in [2.75, 3.05) is 26.4 Å². The molecule has 0 saturated carbocycles. The highest BCUT2D eigenvalue weighted by Crippen LogP contribution is 2.43. The van der Waals surface area contributed by atoms with Crippen molar-refractivity contribution in [1.82, 2.24) is 0 Å². The molecule has 0 bridgehead atoms. The number of allylic oxidation sites excluding steroid dienone is 22. The van der Waals surface area contributed by atoms with Gasteiger partial charge < -0.3 is 20.1 Å². The lowest BCUT2D eigenvalue weighted by Gasteiger charge is -2.19. The second kappa shape index (κ2) is 63.3. The average molecular weight is 1120 g/mol. The van der Waals surface area contributed by atoms with E-state index in [1.807, 2.05) is 0 Å². The van der Waals surface area contributed by atoms with E-state index < -0.39 is 26.5 Å². The Balaban J connectivity index is 3.98. The highest BCUT2D eigenvalue weighted by molar-refractivity contribution is 7.47. The maximum absolute atomic E-state index is 12.7. The van der Waals surface area contributed by atoms with Crippen LogP contribution in [0.25, 0.3) is 0 Å². The quantitative estimate of drug-likeness (QED) is 0.0264. The lowest BCUT2D eigenvalue weighted by molar-refractivity contribution is -0.161. The van der Waals surface area contributed by atoms with Gasteiger partial charge in [-0.3, -0.25) is 18.6 Å². The Morgan fingerprint density at radius 2 is 0.658 bits per heavy atom. The minimum absolute atomic E-state index is 0.0465. The first kappa shape index (κ1) is 75.2. The van der Waals surface area contributed by atoms with Crippen LogP contribution in [0, 0.1) is 0 Å². The zero-order valence-corrected chi connectivity index (χ0v) is 51.2. The average Bonchev–Trinajstić information content (AvgIpc) is 3.44. The van der Waals surface area contributed by atoms with E-state index in [1.165, 1.54) is 109 Å². The van der Waals surface area contributed by atoms with E-state index in [9.17, 15) is 19.0 Å². The van der Waals surface area contributed by atoms with E-state index in [4.69, 9.17) is 24.3 Å². The van der Waals surface area contributed by atoms with Gasteiger partial charge in [-0.1, -0.05) is 270 Å². The Hall–Kier alpha value is -3.85. The Bertz CT molecular complexity index is 1750. The molecule has 0 radical (unpaired) electrons. The lowest BCUT2D eigenvalue weighted by Crippen LogP contribution is -2.29. The summed E-state index contributed by atoms with van der Waals surface area (Å²) in [7, 11) is -4.40. The molecule has 0 aliphatic rings. The third kappa shape index (κ3) is 63.2. The summed E-state index contributed by atoms with van der Waals surface area (Å²) in [5, 5.41) is 0. The van der Waals surface area contributed by atoms with Crippen LogP contribution in [0.5, 0.6) is 0 Å². The van der Waals surface area contributed by atoms with Gasteiger partial charge in [0.1, 0.15) is 6.61 Å². The van der Waals surface area contributed by atoms with Crippen LogP contribution in [-0.2, 0) is 32.7 Å². The molecule has 0 spiro atoms. The van der Waals surface area contributed by atoms with Crippen LogP contribution in [-0.4, -0.2) is 49.3 Å². The topological polar surface area (TPSA) is 134 Å². The molecule has 0 fully saturated rings. The van der Waals surface area contributed by atoms with E-state index in [0.717, 1.165) is 116 Å². The molecule has 2 atom stereocenters. The number of nitrogens with two attached hydrogens (primary N) is 1. The number of unbranched alkanes of at least 4 members (excludes halogenated alkanes) is 23. The molecular formula is C69H116NO8P. The molecule has 9 nitrogen and oxygen atoms in total.